The van der Waals surface area contributed by atoms with Crippen molar-refractivity contribution in [3.63, 3.8) is 0 Å². The van der Waals surface area contributed by atoms with Crippen LogP contribution >= 0.6 is 39.5 Å². The first-order valence-corrected chi connectivity index (χ1v) is 8.02. The van der Waals surface area contributed by atoms with Gasteiger partial charge in [-0.25, -0.2) is 0 Å². The molecule has 0 saturated heterocycles. The maximum Gasteiger partial charge on any atom is 0.104 e. The average Bonchev–Trinajstić information content (AvgIpc) is 2.85. The van der Waals surface area contributed by atoms with E-state index in [1.807, 2.05) is 29.5 Å². The Balaban J connectivity index is 2.05. The van der Waals surface area contributed by atoms with Crippen LogP contribution in [0.25, 0.3) is 0 Å². The zero-order valence-corrected chi connectivity index (χ0v) is 13.8. The van der Waals surface area contributed by atoms with Gasteiger partial charge < -0.3 is 11.1 Å². The lowest BCUT2D eigenvalue weighted by Crippen LogP contribution is -2.09. The summed E-state index contributed by atoms with van der Waals surface area (Å²) in [6.07, 6.45) is 1.09. The monoisotopic (exact) mass is 354 g/mol. The highest BCUT2D eigenvalue weighted by molar-refractivity contribution is 9.10. The Morgan fingerprint density at radius 2 is 2.05 bits per heavy atom. The number of thiophene rings is 1. The Morgan fingerprint density at radius 3 is 2.63 bits per heavy atom. The fraction of sp³-hybridized carbons (Fsp3) is 0.214. The zero-order chi connectivity index (χ0) is 13.8. The third-order valence-electron chi connectivity index (χ3n) is 2.77. The van der Waals surface area contributed by atoms with Crippen LogP contribution in [0.15, 0.2) is 34.8 Å². The van der Waals surface area contributed by atoms with Gasteiger partial charge in [0.05, 0.1) is 0 Å². The number of benzene rings is 1. The molecule has 0 amide bonds. The third kappa shape index (κ3) is 3.78. The Kier molecular flexibility index (Phi) is 4.96. The van der Waals surface area contributed by atoms with Crippen LogP contribution < -0.4 is 11.1 Å². The van der Waals surface area contributed by atoms with Crippen LogP contribution in [0.4, 0.5) is 5.69 Å². The number of hydrogen-bond acceptors (Lipinski definition) is 3. The lowest BCUT2D eigenvalue weighted by Gasteiger charge is -2.09. The molecule has 0 bridgehead atoms. The van der Waals surface area contributed by atoms with Gasteiger partial charge in [-0.15, -0.1) is 11.3 Å². The van der Waals surface area contributed by atoms with Gasteiger partial charge in [0.2, 0.25) is 0 Å². The molecule has 2 rings (SSSR count). The molecule has 1 aromatic heterocycles. The smallest absolute Gasteiger partial charge is 0.104 e. The van der Waals surface area contributed by atoms with Crippen molar-refractivity contribution >= 4 is 50.2 Å². The zero-order valence-electron chi connectivity index (χ0n) is 10.6. The predicted molar refractivity (Wildman–Crippen MR) is 91.1 cm³/mol. The molecule has 100 valence electrons. The molecule has 2 aromatic rings. The highest BCUT2D eigenvalue weighted by Gasteiger charge is 2.04. The van der Waals surface area contributed by atoms with Gasteiger partial charge in [-0.2, -0.15) is 0 Å². The molecule has 0 aliphatic heterocycles. The molecular formula is C14H15BrN2S2. The number of thiocarbonyl (C=S) groups is 1. The molecule has 0 spiro atoms. The SMILES string of the molecule is CCc1ccc(CNc2ccc(C(N)=S)cc2Br)s1. The van der Waals surface area contributed by atoms with Crippen molar-refractivity contribution in [3.8, 4) is 0 Å². The molecule has 0 radical (unpaired) electrons. The van der Waals surface area contributed by atoms with Crippen LogP contribution in [-0.2, 0) is 13.0 Å². The van der Waals surface area contributed by atoms with Gasteiger partial charge in [0.15, 0.2) is 0 Å². The minimum atomic E-state index is 0.415. The number of nitrogens with two attached hydrogens (primary N) is 1. The van der Waals surface area contributed by atoms with E-state index in [0.717, 1.165) is 28.7 Å². The first-order chi connectivity index (χ1) is 9.10. The summed E-state index contributed by atoms with van der Waals surface area (Å²) in [5.74, 6) is 0. The van der Waals surface area contributed by atoms with E-state index in [2.05, 4.69) is 40.3 Å². The molecule has 0 atom stereocenters. The molecule has 1 heterocycles. The van der Waals surface area contributed by atoms with Gasteiger partial charge in [-0.05, 0) is 52.7 Å². The van der Waals surface area contributed by atoms with Crippen molar-refractivity contribution in [3.05, 3.63) is 50.1 Å². The summed E-state index contributed by atoms with van der Waals surface area (Å²) in [5, 5.41) is 3.41. The maximum atomic E-state index is 5.61. The highest BCUT2D eigenvalue weighted by Crippen LogP contribution is 2.25. The summed E-state index contributed by atoms with van der Waals surface area (Å²) in [4.78, 5) is 3.17. The van der Waals surface area contributed by atoms with E-state index in [0.29, 0.717) is 4.99 Å². The summed E-state index contributed by atoms with van der Waals surface area (Å²) in [6.45, 7) is 3.00. The van der Waals surface area contributed by atoms with Crippen LogP contribution in [0.2, 0.25) is 0 Å². The predicted octanol–water partition coefficient (Wildman–Crippen LogP) is 4.32. The van der Waals surface area contributed by atoms with Gasteiger partial charge in [0.1, 0.15) is 4.99 Å². The molecule has 0 aliphatic rings. The first kappa shape index (κ1) is 14.5. The Hall–Kier alpha value is -0.910. The van der Waals surface area contributed by atoms with Gasteiger partial charge in [0, 0.05) is 32.0 Å². The van der Waals surface area contributed by atoms with Crippen LogP contribution in [0.3, 0.4) is 0 Å². The summed E-state index contributed by atoms with van der Waals surface area (Å²) < 4.78 is 0.977. The number of hydrogen-bond donors (Lipinski definition) is 2. The van der Waals surface area contributed by atoms with Crippen LogP contribution in [0, 0.1) is 0 Å². The first-order valence-electron chi connectivity index (χ1n) is 6.01. The minimum Gasteiger partial charge on any atom is -0.389 e. The van der Waals surface area contributed by atoms with E-state index in [4.69, 9.17) is 18.0 Å². The van der Waals surface area contributed by atoms with Crippen LogP contribution in [-0.4, -0.2) is 4.99 Å². The van der Waals surface area contributed by atoms with E-state index in [-0.39, 0.29) is 0 Å². The largest absolute Gasteiger partial charge is 0.389 e. The van der Waals surface area contributed by atoms with E-state index < -0.39 is 0 Å². The van der Waals surface area contributed by atoms with Crippen molar-refractivity contribution in [2.45, 2.75) is 19.9 Å². The van der Waals surface area contributed by atoms with E-state index in [9.17, 15) is 0 Å². The fourth-order valence-electron chi connectivity index (χ4n) is 1.70. The van der Waals surface area contributed by atoms with Gasteiger partial charge in [0.25, 0.3) is 0 Å². The van der Waals surface area contributed by atoms with Crippen molar-refractivity contribution in [2.24, 2.45) is 5.73 Å². The topological polar surface area (TPSA) is 38.0 Å². The summed E-state index contributed by atoms with van der Waals surface area (Å²) in [7, 11) is 0. The van der Waals surface area contributed by atoms with Gasteiger partial charge in [-0.3, -0.25) is 0 Å². The maximum absolute atomic E-state index is 5.61. The normalized spacial score (nSPS) is 10.4. The standard InChI is InChI=1S/C14H15BrN2S2/c1-2-10-4-5-11(19-10)8-17-13-6-3-9(14(16)18)7-12(13)15/h3-7,17H,2,8H2,1H3,(H2,16,18). The Bertz CT molecular complexity index is 593. The summed E-state index contributed by atoms with van der Waals surface area (Å²) in [6, 6.07) is 10.2. The average molecular weight is 355 g/mol. The molecule has 2 nitrogen and oxygen atoms in total. The molecule has 0 fully saturated rings. The number of halogens is 1. The molecule has 3 N–H and O–H groups in total. The lowest BCUT2D eigenvalue weighted by atomic mass is 10.2. The summed E-state index contributed by atoms with van der Waals surface area (Å²) in [5.41, 5.74) is 7.53. The second-order valence-corrected chi connectivity index (χ2v) is 6.68. The number of rotatable bonds is 5. The van der Waals surface area contributed by atoms with Crippen molar-refractivity contribution in [1.82, 2.24) is 0 Å². The third-order valence-corrected chi connectivity index (χ3v) is 4.89. The molecule has 5 heteroatoms. The minimum absolute atomic E-state index is 0.415. The van der Waals surface area contributed by atoms with Crippen molar-refractivity contribution < 1.29 is 0 Å². The van der Waals surface area contributed by atoms with Crippen LogP contribution in [0.5, 0.6) is 0 Å². The Labute approximate surface area is 131 Å². The van der Waals surface area contributed by atoms with Crippen LogP contribution in [0.1, 0.15) is 22.2 Å². The number of nitrogens with one attached hydrogen (secondary N) is 1. The molecule has 0 aliphatic carbocycles. The second kappa shape index (κ2) is 6.50. The Morgan fingerprint density at radius 1 is 1.32 bits per heavy atom. The molecule has 0 saturated carbocycles. The van der Waals surface area contributed by atoms with Gasteiger partial charge in [-0.1, -0.05) is 19.1 Å². The molecule has 19 heavy (non-hydrogen) atoms. The molecule has 0 unspecified atom stereocenters. The molecular weight excluding hydrogens is 340 g/mol. The van der Waals surface area contributed by atoms with E-state index in [1.165, 1.54) is 9.75 Å². The van der Waals surface area contributed by atoms with E-state index in [1.54, 1.807) is 0 Å². The fourth-order valence-corrected chi connectivity index (χ4v) is 3.24. The quantitative estimate of drug-likeness (QED) is 0.785. The summed E-state index contributed by atoms with van der Waals surface area (Å²) >= 11 is 10.3. The van der Waals surface area contributed by atoms with Crippen molar-refractivity contribution in [1.29, 1.82) is 0 Å². The van der Waals surface area contributed by atoms with Crippen molar-refractivity contribution in [2.75, 3.05) is 5.32 Å². The highest BCUT2D eigenvalue weighted by atomic mass is 79.9. The number of aryl methyl sites for hydroxylation is 1. The molecule has 1 aromatic carbocycles. The second-order valence-electron chi connectivity index (χ2n) is 4.13. The lowest BCUT2D eigenvalue weighted by molar-refractivity contribution is 1.18. The number of anilines is 1. The van der Waals surface area contributed by atoms with Gasteiger partial charge >= 0.3 is 0 Å². The van der Waals surface area contributed by atoms with E-state index >= 15 is 0 Å².